The highest BCUT2D eigenvalue weighted by Gasteiger charge is 2.09. The van der Waals surface area contributed by atoms with Crippen molar-refractivity contribution in [3.8, 4) is 11.5 Å². The molecule has 2 aromatic rings. The van der Waals surface area contributed by atoms with Crippen LogP contribution < -0.4 is 14.8 Å². The van der Waals surface area contributed by atoms with E-state index in [2.05, 4.69) is 5.32 Å². The SMILES string of the molecule is CCC(=COc1ccccc1OC)C(=O)Nc1ccccc1. The Bertz CT molecular complexity index is 650. The molecule has 0 unspecified atom stereocenters. The van der Waals surface area contributed by atoms with Gasteiger partial charge in [0.15, 0.2) is 11.5 Å². The van der Waals surface area contributed by atoms with Gasteiger partial charge in [-0.25, -0.2) is 0 Å². The van der Waals surface area contributed by atoms with Gasteiger partial charge in [0.05, 0.1) is 18.9 Å². The van der Waals surface area contributed by atoms with E-state index in [1.165, 1.54) is 6.26 Å². The van der Waals surface area contributed by atoms with Gasteiger partial charge in [0.1, 0.15) is 0 Å². The number of anilines is 1. The minimum absolute atomic E-state index is 0.177. The van der Waals surface area contributed by atoms with Crippen molar-refractivity contribution in [3.63, 3.8) is 0 Å². The molecule has 114 valence electrons. The minimum atomic E-state index is -0.177. The summed E-state index contributed by atoms with van der Waals surface area (Å²) in [5.74, 6) is 1.02. The summed E-state index contributed by atoms with van der Waals surface area (Å²) in [7, 11) is 1.58. The average molecular weight is 297 g/mol. The summed E-state index contributed by atoms with van der Waals surface area (Å²) < 4.78 is 10.8. The Balaban J connectivity index is 2.08. The molecule has 4 heteroatoms. The summed E-state index contributed by atoms with van der Waals surface area (Å²) >= 11 is 0. The van der Waals surface area contributed by atoms with Crippen LogP contribution in [0.2, 0.25) is 0 Å². The number of methoxy groups -OCH3 is 1. The lowest BCUT2D eigenvalue weighted by Crippen LogP contribution is -2.14. The maximum atomic E-state index is 12.2. The Morgan fingerprint density at radius 3 is 2.32 bits per heavy atom. The number of amides is 1. The van der Waals surface area contributed by atoms with E-state index in [9.17, 15) is 4.79 Å². The molecule has 2 aromatic carbocycles. The first-order valence-electron chi connectivity index (χ1n) is 7.09. The van der Waals surface area contributed by atoms with Crippen molar-refractivity contribution in [1.29, 1.82) is 0 Å². The first-order chi connectivity index (χ1) is 10.7. The maximum Gasteiger partial charge on any atom is 0.254 e. The number of rotatable bonds is 6. The number of para-hydroxylation sites is 3. The molecule has 0 aliphatic carbocycles. The Morgan fingerprint density at radius 2 is 1.68 bits per heavy atom. The number of nitrogens with one attached hydrogen (secondary N) is 1. The number of carbonyl (C=O) groups is 1. The quantitative estimate of drug-likeness (QED) is 0.647. The summed E-state index contributed by atoms with van der Waals surface area (Å²) in [5.41, 5.74) is 1.30. The highest BCUT2D eigenvalue weighted by molar-refractivity contribution is 6.03. The zero-order valence-electron chi connectivity index (χ0n) is 12.7. The van der Waals surface area contributed by atoms with E-state index >= 15 is 0 Å². The van der Waals surface area contributed by atoms with Gasteiger partial charge in [0, 0.05) is 5.69 Å². The summed E-state index contributed by atoms with van der Waals surface area (Å²) in [6.45, 7) is 1.90. The summed E-state index contributed by atoms with van der Waals surface area (Å²) in [4.78, 5) is 12.2. The van der Waals surface area contributed by atoms with E-state index in [-0.39, 0.29) is 5.91 Å². The summed E-state index contributed by atoms with van der Waals surface area (Å²) in [6.07, 6.45) is 2.03. The third kappa shape index (κ3) is 4.12. The third-order valence-corrected chi connectivity index (χ3v) is 3.10. The number of hydrogen-bond donors (Lipinski definition) is 1. The fraction of sp³-hybridized carbons (Fsp3) is 0.167. The lowest BCUT2D eigenvalue weighted by Gasteiger charge is -2.09. The van der Waals surface area contributed by atoms with Crippen LogP contribution in [0, 0.1) is 0 Å². The second-order valence-corrected chi connectivity index (χ2v) is 4.59. The van der Waals surface area contributed by atoms with E-state index < -0.39 is 0 Å². The molecule has 22 heavy (non-hydrogen) atoms. The standard InChI is InChI=1S/C18H19NO3/c1-3-14(18(20)19-15-9-5-4-6-10-15)13-22-17-12-8-7-11-16(17)21-2/h4-13H,3H2,1-2H3,(H,19,20). The topological polar surface area (TPSA) is 47.6 Å². The Morgan fingerprint density at radius 1 is 1.05 bits per heavy atom. The first kappa shape index (κ1) is 15.6. The van der Waals surface area contributed by atoms with Gasteiger partial charge < -0.3 is 14.8 Å². The molecule has 0 aromatic heterocycles. The number of benzene rings is 2. The predicted molar refractivity (Wildman–Crippen MR) is 87.1 cm³/mol. The molecule has 0 atom stereocenters. The second-order valence-electron chi connectivity index (χ2n) is 4.59. The molecule has 0 bridgehead atoms. The summed E-state index contributed by atoms with van der Waals surface area (Å²) in [6, 6.07) is 16.6. The van der Waals surface area contributed by atoms with Crippen molar-refractivity contribution < 1.29 is 14.3 Å². The van der Waals surface area contributed by atoms with Gasteiger partial charge in [-0.3, -0.25) is 4.79 Å². The van der Waals surface area contributed by atoms with Crippen molar-refractivity contribution in [3.05, 3.63) is 66.4 Å². The van der Waals surface area contributed by atoms with Crippen molar-refractivity contribution >= 4 is 11.6 Å². The highest BCUT2D eigenvalue weighted by atomic mass is 16.5. The lowest BCUT2D eigenvalue weighted by molar-refractivity contribution is -0.113. The van der Waals surface area contributed by atoms with Gasteiger partial charge >= 0.3 is 0 Å². The van der Waals surface area contributed by atoms with Gasteiger partial charge in [-0.05, 0) is 30.7 Å². The van der Waals surface area contributed by atoms with Gasteiger partial charge in [0.25, 0.3) is 5.91 Å². The van der Waals surface area contributed by atoms with E-state index in [0.717, 1.165) is 5.69 Å². The van der Waals surface area contributed by atoms with Crippen LogP contribution in [-0.4, -0.2) is 13.0 Å². The fourth-order valence-corrected chi connectivity index (χ4v) is 1.88. The van der Waals surface area contributed by atoms with Gasteiger partial charge in [0.2, 0.25) is 0 Å². The van der Waals surface area contributed by atoms with E-state index in [4.69, 9.17) is 9.47 Å². The van der Waals surface area contributed by atoms with Gasteiger partial charge in [-0.1, -0.05) is 37.3 Å². The lowest BCUT2D eigenvalue weighted by atomic mass is 10.2. The van der Waals surface area contributed by atoms with Crippen molar-refractivity contribution in [2.24, 2.45) is 0 Å². The predicted octanol–water partition coefficient (Wildman–Crippen LogP) is 4.01. The molecule has 0 spiro atoms. The molecule has 1 N–H and O–H groups in total. The van der Waals surface area contributed by atoms with Crippen LogP contribution in [-0.2, 0) is 4.79 Å². The number of ether oxygens (including phenoxy) is 2. The molecule has 0 saturated carbocycles. The Labute approximate surface area is 130 Å². The largest absolute Gasteiger partial charge is 0.493 e. The molecular weight excluding hydrogens is 278 g/mol. The van der Waals surface area contributed by atoms with Crippen LogP contribution in [0.25, 0.3) is 0 Å². The molecule has 0 aliphatic heterocycles. The number of hydrogen-bond acceptors (Lipinski definition) is 3. The Kier molecular flexibility index (Phi) is 5.60. The van der Waals surface area contributed by atoms with Crippen LogP contribution in [0.3, 0.4) is 0 Å². The van der Waals surface area contributed by atoms with Crippen molar-refractivity contribution in [2.45, 2.75) is 13.3 Å². The smallest absolute Gasteiger partial charge is 0.254 e. The van der Waals surface area contributed by atoms with Crippen molar-refractivity contribution in [1.82, 2.24) is 0 Å². The molecule has 0 fully saturated rings. The molecule has 0 aliphatic rings. The van der Waals surface area contributed by atoms with Crippen LogP contribution in [0.15, 0.2) is 66.4 Å². The minimum Gasteiger partial charge on any atom is -0.493 e. The molecule has 4 nitrogen and oxygen atoms in total. The molecule has 0 radical (unpaired) electrons. The molecule has 0 heterocycles. The highest BCUT2D eigenvalue weighted by Crippen LogP contribution is 2.26. The van der Waals surface area contributed by atoms with E-state index in [1.54, 1.807) is 19.2 Å². The van der Waals surface area contributed by atoms with E-state index in [0.29, 0.717) is 23.5 Å². The molecule has 0 saturated heterocycles. The summed E-state index contributed by atoms with van der Waals surface area (Å²) in [5, 5.41) is 2.84. The maximum absolute atomic E-state index is 12.2. The molecule has 2 rings (SSSR count). The van der Waals surface area contributed by atoms with E-state index in [1.807, 2.05) is 49.4 Å². The van der Waals surface area contributed by atoms with Gasteiger partial charge in [-0.15, -0.1) is 0 Å². The monoisotopic (exact) mass is 297 g/mol. The zero-order chi connectivity index (χ0) is 15.8. The van der Waals surface area contributed by atoms with Crippen LogP contribution >= 0.6 is 0 Å². The zero-order valence-corrected chi connectivity index (χ0v) is 12.7. The normalized spacial score (nSPS) is 10.9. The number of carbonyl (C=O) groups excluding carboxylic acids is 1. The fourth-order valence-electron chi connectivity index (χ4n) is 1.88. The van der Waals surface area contributed by atoms with Crippen LogP contribution in [0.5, 0.6) is 11.5 Å². The molecular formula is C18H19NO3. The first-order valence-corrected chi connectivity index (χ1v) is 7.09. The third-order valence-electron chi connectivity index (χ3n) is 3.10. The Hall–Kier alpha value is -2.75. The van der Waals surface area contributed by atoms with Crippen LogP contribution in [0.1, 0.15) is 13.3 Å². The van der Waals surface area contributed by atoms with Crippen molar-refractivity contribution in [2.75, 3.05) is 12.4 Å². The average Bonchev–Trinajstić information content (AvgIpc) is 2.56. The van der Waals surface area contributed by atoms with Gasteiger partial charge in [-0.2, -0.15) is 0 Å². The second kappa shape index (κ2) is 7.88. The molecule has 1 amide bonds. The van der Waals surface area contributed by atoms with Crippen LogP contribution in [0.4, 0.5) is 5.69 Å².